The van der Waals surface area contributed by atoms with Gasteiger partial charge >= 0.3 is 5.97 Å². The second kappa shape index (κ2) is 7.49. The van der Waals surface area contributed by atoms with Crippen LogP contribution in [0.3, 0.4) is 0 Å². The highest BCUT2D eigenvalue weighted by molar-refractivity contribution is 6.02. The molecule has 0 aliphatic rings. The van der Waals surface area contributed by atoms with Gasteiger partial charge in [-0.1, -0.05) is 18.2 Å². The maximum atomic E-state index is 12.6. The van der Waals surface area contributed by atoms with Crippen molar-refractivity contribution in [2.24, 2.45) is 7.05 Å². The number of rotatable bonds is 5. The number of ether oxygens (including phenoxy) is 3. The molecule has 0 aliphatic carbocycles. The van der Waals surface area contributed by atoms with Crippen LogP contribution in [0, 0.1) is 6.92 Å². The molecule has 0 N–H and O–H groups in total. The summed E-state index contributed by atoms with van der Waals surface area (Å²) in [5.41, 5.74) is 1.53. The van der Waals surface area contributed by atoms with Crippen molar-refractivity contribution >= 4 is 16.7 Å². The van der Waals surface area contributed by atoms with Crippen LogP contribution >= 0.6 is 0 Å². The van der Waals surface area contributed by atoms with E-state index in [0.29, 0.717) is 22.3 Å². The molecule has 0 fully saturated rings. The molecule has 1 aromatic heterocycles. The number of nitrogens with zero attached hydrogens (tertiary/aromatic N) is 2. The van der Waals surface area contributed by atoms with Crippen molar-refractivity contribution in [1.82, 2.24) is 9.78 Å². The molecule has 0 unspecified atom stereocenters. The Morgan fingerprint density at radius 3 is 2.37 bits per heavy atom. The Bertz CT molecular complexity index is 1070. The SMILES string of the molecule is COc1cc(C)c(COC(=O)c2nn(C)c(=O)c3ccccc23)cc1OC. The van der Waals surface area contributed by atoms with Gasteiger partial charge in [0.05, 0.1) is 19.6 Å². The molecule has 2 aromatic carbocycles. The highest BCUT2D eigenvalue weighted by Crippen LogP contribution is 2.30. The zero-order valence-electron chi connectivity index (χ0n) is 15.6. The molecule has 3 aromatic rings. The van der Waals surface area contributed by atoms with Crippen LogP contribution < -0.4 is 15.0 Å². The molecule has 0 spiro atoms. The molecule has 0 saturated heterocycles. The lowest BCUT2D eigenvalue weighted by Crippen LogP contribution is -2.23. The van der Waals surface area contributed by atoms with Crippen molar-refractivity contribution < 1.29 is 19.0 Å². The number of carbonyl (C=O) groups is 1. The molecule has 27 heavy (non-hydrogen) atoms. The minimum absolute atomic E-state index is 0.0455. The number of hydrogen-bond acceptors (Lipinski definition) is 6. The van der Waals surface area contributed by atoms with Crippen LogP contribution in [0.5, 0.6) is 11.5 Å². The topological polar surface area (TPSA) is 79.7 Å². The van der Waals surface area contributed by atoms with Crippen LogP contribution in [0.15, 0.2) is 41.2 Å². The first-order chi connectivity index (χ1) is 13.0. The van der Waals surface area contributed by atoms with Crippen LogP contribution in [-0.4, -0.2) is 30.0 Å². The van der Waals surface area contributed by atoms with E-state index in [-0.39, 0.29) is 17.9 Å². The minimum Gasteiger partial charge on any atom is -0.493 e. The van der Waals surface area contributed by atoms with E-state index in [2.05, 4.69) is 5.10 Å². The zero-order chi connectivity index (χ0) is 19.6. The number of benzene rings is 2. The predicted molar refractivity (Wildman–Crippen MR) is 100 cm³/mol. The molecule has 0 amide bonds. The van der Waals surface area contributed by atoms with Crippen molar-refractivity contribution in [2.75, 3.05) is 14.2 Å². The highest BCUT2D eigenvalue weighted by Gasteiger charge is 2.18. The second-order valence-electron chi connectivity index (χ2n) is 6.03. The van der Waals surface area contributed by atoms with Gasteiger partial charge in [-0.15, -0.1) is 0 Å². The van der Waals surface area contributed by atoms with Gasteiger partial charge in [-0.3, -0.25) is 4.79 Å². The van der Waals surface area contributed by atoms with Gasteiger partial charge in [-0.25, -0.2) is 9.48 Å². The third-order valence-electron chi connectivity index (χ3n) is 4.35. The molecule has 7 heteroatoms. The first-order valence-corrected chi connectivity index (χ1v) is 8.31. The molecule has 0 atom stereocenters. The van der Waals surface area contributed by atoms with Crippen LogP contribution in [0.4, 0.5) is 0 Å². The van der Waals surface area contributed by atoms with E-state index in [0.717, 1.165) is 15.8 Å². The Morgan fingerprint density at radius 1 is 1.07 bits per heavy atom. The normalized spacial score (nSPS) is 10.7. The standard InChI is InChI=1S/C20H20N2O5/c1-12-9-16(25-3)17(26-4)10-13(12)11-27-20(24)18-14-7-5-6-8-15(14)19(23)22(2)21-18/h5-10H,11H2,1-4H3. The molecule has 140 valence electrons. The number of hydrogen-bond donors (Lipinski definition) is 0. The van der Waals surface area contributed by atoms with Gasteiger partial charge in [0.25, 0.3) is 5.56 Å². The molecule has 1 heterocycles. The zero-order valence-corrected chi connectivity index (χ0v) is 15.6. The number of aryl methyl sites for hydroxylation is 2. The van der Waals surface area contributed by atoms with Crippen LogP contribution in [0.1, 0.15) is 21.6 Å². The lowest BCUT2D eigenvalue weighted by Gasteiger charge is -2.13. The summed E-state index contributed by atoms with van der Waals surface area (Å²) in [6.07, 6.45) is 0. The van der Waals surface area contributed by atoms with E-state index in [1.807, 2.05) is 13.0 Å². The van der Waals surface area contributed by atoms with Crippen LogP contribution in [-0.2, 0) is 18.4 Å². The number of carbonyl (C=O) groups excluding carboxylic acids is 1. The summed E-state index contributed by atoms with van der Waals surface area (Å²) >= 11 is 0. The maximum absolute atomic E-state index is 12.6. The van der Waals surface area contributed by atoms with Gasteiger partial charge in [-0.05, 0) is 36.2 Å². The largest absolute Gasteiger partial charge is 0.493 e. The quantitative estimate of drug-likeness (QED) is 0.644. The molecular weight excluding hydrogens is 348 g/mol. The Labute approximate surface area is 156 Å². The molecule has 3 rings (SSSR count). The van der Waals surface area contributed by atoms with Crippen molar-refractivity contribution in [2.45, 2.75) is 13.5 Å². The average molecular weight is 368 g/mol. The summed E-state index contributed by atoms with van der Waals surface area (Å²) in [5, 5.41) is 4.97. The highest BCUT2D eigenvalue weighted by atomic mass is 16.5. The van der Waals surface area contributed by atoms with E-state index in [1.54, 1.807) is 44.6 Å². The summed E-state index contributed by atoms with van der Waals surface area (Å²) in [6, 6.07) is 10.4. The predicted octanol–water partition coefficient (Wildman–Crippen LogP) is 2.62. The maximum Gasteiger partial charge on any atom is 0.359 e. The summed E-state index contributed by atoms with van der Waals surface area (Å²) in [4.78, 5) is 24.8. The van der Waals surface area contributed by atoms with Gasteiger partial charge in [-0.2, -0.15) is 5.10 Å². The van der Waals surface area contributed by atoms with Crippen LogP contribution in [0.2, 0.25) is 0 Å². The monoisotopic (exact) mass is 368 g/mol. The third kappa shape index (κ3) is 3.48. The van der Waals surface area contributed by atoms with E-state index >= 15 is 0 Å². The van der Waals surface area contributed by atoms with E-state index in [1.165, 1.54) is 7.05 Å². The fraction of sp³-hybridized carbons (Fsp3) is 0.250. The van der Waals surface area contributed by atoms with Crippen molar-refractivity contribution in [1.29, 1.82) is 0 Å². The van der Waals surface area contributed by atoms with Gasteiger partial charge in [0, 0.05) is 12.4 Å². The fourth-order valence-electron chi connectivity index (χ4n) is 2.84. The number of fused-ring (bicyclic) bond motifs is 1. The number of esters is 1. The average Bonchev–Trinajstić information content (AvgIpc) is 2.69. The molecule has 0 saturated carbocycles. The van der Waals surface area contributed by atoms with Crippen molar-refractivity contribution in [3.63, 3.8) is 0 Å². The Hall–Kier alpha value is -3.35. The van der Waals surface area contributed by atoms with Gasteiger partial charge < -0.3 is 14.2 Å². The molecule has 7 nitrogen and oxygen atoms in total. The van der Waals surface area contributed by atoms with Gasteiger partial charge in [0.2, 0.25) is 0 Å². The smallest absolute Gasteiger partial charge is 0.359 e. The summed E-state index contributed by atoms with van der Waals surface area (Å²) < 4.78 is 17.2. The first-order valence-electron chi connectivity index (χ1n) is 8.31. The fourth-order valence-corrected chi connectivity index (χ4v) is 2.84. The Balaban J connectivity index is 1.91. The molecular formula is C20H20N2O5. The summed E-state index contributed by atoms with van der Waals surface area (Å²) in [5.74, 6) is 0.562. The molecule has 0 radical (unpaired) electrons. The minimum atomic E-state index is -0.601. The van der Waals surface area contributed by atoms with E-state index < -0.39 is 5.97 Å². The van der Waals surface area contributed by atoms with E-state index in [4.69, 9.17) is 14.2 Å². The van der Waals surface area contributed by atoms with Crippen molar-refractivity contribution in [3.05, 3.63) is 63.6 Å². The summed E-state index contributed by atoms with van der Waals surface area (Å²) in [6.45, 7) is 1.94. The van der Waals surface area contributed by atoms with Crippen LogP contribution in [0.25, 0.3) is 10.8 Å². The number of methoxy groups -OCH3 is 2. The Kier molecular flexibility index (Phi) is 5.12. The Morgan fingerprint density at radius 2 is 1.70 bits per heavy atom. The molecule has 0 bridgehead atoms. The summed E-state index contributed by atoms with van der Waals surface area (Å²) in [7, 11) is 4.61. The first kappa shape index (κ1) is 18.4. The number of aromatic nitrogens is 2. The molecule has 0 aliphatic heterocycles. The van der Waals surface area contributed by atoms with Gasteiger partial charge in [0.1, 0.15) is 6.61 Å². The van der Waals surface area contributed by atoms with Crippen molar-refractivity contribution in [3.8, 4) is 11.5 Å². The second-order valence-corrected chi connectivity index (χ2v) is 6.03. The third-order valence-corrected chi connectivity index (χ3v) is 4.35. The lowest BCUT2D eigenvalue weighted by atomic mass is 10.1. The van der Waals surface area contributed by atoms with Gasteiger partial charge in [0.15, 0.2) is 17.2 Å². The lowest BCUT2D eigenvalue weighted by molar-refractivity contribution is 0.0464. The van der Waals surface area contributed by atoms with E-state index in [9.17, 15) is 9.59 Å².